The van der Waals surface area contributed by atoms with Gasteiger partial charge in [0.15, 0.2) is 5.79 Å². The first-order valence-corrected chi connectivity index (χ1v) is 14.3. The zero-order valence-corrected chi connectivity index (χ0v) is 22.7. The molecule has 7 rings (SSSR count). The molecule has 0 aromatic heterocycles. The molecule has 5 heteroatoms. The molecule has 0 unspecified atom stereocenters. The number of rotatable bonds is 1. The van der Waals surface area contributed by atoms with Crippen molar-refractivity contribution in [2.45, 2.75) is 129 Å². The Morgan fingerprint density at radius 2 is 1.74 bits per heavy atom. The van der Waals surface area contributed by atoms with E-state index in [0.29, 0.717) is 11.8 Å². The fourth-order valence-electron chi connectivity index (χ4n) is 11.8. The van der Waals surface area contributed by atoms with Crippen molar-refractivity contribution < 1.29 is 24.8 Å². The van der Waals surface area contributed by atoms with Gasteiger partial charge in [0.1, 0.15) is 12.2 Å². The summed E-state index contributed by atoms with van der Waals surface area (Å²) in [6, 6.07) is 0. The van der Waals surface area contributed by atoms with Crippen LogP contribution in [0.2, 0.25) is 0 Å². The first kappa shape index (κ1) is 23.6. The van der Waals surface area contributed by atoms with Crippen molar-refractivity contribution in [1.82, 2.24) is 0 Å². The second kappa shape index (κ2) is 6.22. The molecule has 3 N–H and O–H groups in total. The quantitative estimate of drug-likeness (QED) is 0.473. The molecule has 4 saturated carbocycles. The topological polar surface area (TPSA) is 79.2 Å². The number of fused-ring (bicyclic) bond motifs is 4. The third kappa shape index (κ3) is 2.26. The summed E-state index contributed by atoms with van der Waals surface area (Å²) in [6.07, 6.45) is 8.17. The zero-order valence-electron chi connectivity index (χ0n) is 22.7. The predicted molar refractivity (Wildman–Crippen MR) is 132 cm³/mol. The van der Waals surface area contributed by atoms with E-state index in [9.17, 15) is 15.3 Å². The average molecular weight is 487 g/mol. The predicted octanol–water partition coefficient (Wildman–Crippen LogP) is 4.58. The van der Waals surface area contributed by atoms with E-state index < -0.39 is 29.0 Å². The molecule has 5 nitrogen and oxygen atoms in total. The largest absolute Gasteiger partial charge is 0.393 e. The molecule has 0 aromatic carbocycles. The first-order chi connectivity index (χ1) is 16.1. The van der Waals surface area contributed by atoms with Gasteiger partial charge in [0.2, 0.25) is 0 Å². The van der Waals surface area contributed by atoms with Crippen molar-refractivity contribution in [3.8, 4) is 0 Å². The summed E-state index contributed by atoms with van der Waals surface area (Å²) in [5.74, 6) is -0.111. The minimum atomic E-state index is -1.05. The Hall–Kier alpha value is -0.460. The summed E-state index contributed by atoms with van der Waals surface area (Å²) in [5.41, 5.74) is 0.212. The minimum Gasteiger partial charge on any atom is -0.393 e. The molecule has 35 heavy (non-hydrogen) atoms. The van der Waals surface area contributed by atoms with E-state index in [0.717, 1.165) is 38.5 Å². The highest BCUT2D eigenvalue weighted by molar-refractivity contribution is 5.48. The van der Waals surface area contributed by atoms with Gasteiger partial charge in [-0.25, -0.2) is 0 Å². The van der Waals surface area contributed by atoms with E-state index in [1.54, 1.807) is 0 Å². The van der Waals surface area contributed by atoms with E-state index in [-0.39, 0.29) is 39.8 Å². The maximum absolute atomic E-state index is 12.4. The van der Waals surface area contributed by atoms with E-state index in [1.807, 2.05) is 13.8 Å². The van der Waals surface area contributed by atoms with Crippen LogP contribution in [0, 0.1) is 44.8 Å². The van der Waals surface area contributed by atoms with Gasteiger partial charge < -0.3 is 24.8 Å². The molecule has 7 aliphatic rings. The summed E-state index contributed by atoms with van der Waals surface area (Å²) in [4.78, 5) is 0. The second-order valence-electron chi connectivity index (χ2n) is 15.5. The Morgan fingerprint density at radius 3 is 2.43 bits per heavy atom. The monoisotopic (exact) mass is 486 g/mol. The third-order valence-electron chi connectivity index (χ3n) is 13.5. The molecule has 2 heterocycles. The number of aliphatic hydroxyl groups excluding tert-OH is 2. The third-order valence-corrected chi connectivity index (χ3v) is 13.5. The van der Waals surface area contributed by atoms with Gasteiger partial charge in [-0.05, 0) is 92.3 Å². The molecule has 196 valence electrons. The standard InChI is InChI=1S/C30H46O5/c1-16-14-17-22(25(4,5)33)35-30(34-17)21(16)26(6)12-13-29-15-28(29)11-10-20(31)24(2,3)18(28)8-9-19(29)27(26,7)23(30)32/h9,16-18,20-23,31-33H,8,10-15H2,1-7H3/t16-,17-,18+,20+,21-,22+,23-,26-,27-,28-,29+,30-/m1/s1. The zero-order chi connectivity index (χ0) is 25.2. The van der Waals surface area contributed by atoms with Crippen molar-refractivity contribution in [3.63, 3.8) is 0 Å². The molecule has 2 saturated heterocycles. The fraction of sp³-hybridized carbons (Fsp3) is 0.933. The molecule has 0 amide bonds. The summed E-state index contributed by atoms with van der Waals surface area (Å²) in [7, 11) is 0. The Morgan fingerprint density at radius 1 is 1.03 bits per heavy atom. The Kier molecular flexibility index (Phi) is 4.20. The summed E-state index contributed by atoms with van der Waals surface area (Å²) in [5, 5.41) is 34.3. The highest BCUT2D eigenvalue weighted by Crippen LogP contribution is 2.89. The highest BCUT2D eigenvalue weighted by atomic mass is 16.8. The van der Waals surface area contributed by atoms with Crippen LogP contribution < -0.4 is 0 Å². The lowest BCUT2D eigenvalue weighted by Crippen LogP contribution is -2.55. The second-order valence-corrected chi connectivity index (χ2v) is 15.5. The lowest BCUT2D eigenvalue weighted by molar-refractivity contribution is -0.279. The molecule has 0 radical (unpaired) electrons. The van der Waals surface area contributed by atoms with Gasteiger partial charge in [-0.1, -0.05) is 46.3 Å². The summed E-state index contributed by atoms with van der Waals surface area (Å²) in [6.45, 7) is 15.2. The van der Waals surface area contributed by atoms with E-state index in [2.05, 4.69) is 40.7 Å². The lowest BCUT2D eigenvalue weighted by Gasteiger charge is -2.59. The van der Waals surface area contributed by atoms with Gasteiger partial charge in [-0.2, -0.15) is 0 Å². The first-order valence-electron chi connectivity index (χ1n) is 14.3. The Balaban J connectivity index is 1.37. The molecule has 12 atom stereocenters. The average Bonchev–Trinajstić information content (AvgIpc) is 3.28. The van der Waals surface area contributed by atoms with Crippen molar-refractivity contribution in [2.75, 3.05) is 0 Å². The van der Waals surface area contributed by atoms with Crippen LogP contribution >= 0.6 is 0 Å². The Labute approximate surface area is 210 Å². The molecule has 2 bridgehead atoms. The van der Waals surface area contributed by atoms with Gasteiger partial charge in [-0.15, -0.1) is 0 Å². The van der Waals surface area contributed by atoms with Crippen LogP contribution in [0.1, 0.15) is 93.4 Å². The van der Waals surface area contributed by atoms with Crippen LogP contribution in [-0.2, 0) is 9.47 Å². The van der Waals surface area contributed by atoms with Gasteiger partial charge in [0.25, 0.3) is 0 Å². The van der Waals surface area contributed by atoms with Gasteiger partial charge in [0.05, 0.1) is 17.8 Å². The maximum Gasteiger partial charge on any atom is 0.199 e. The maximum atomic E-state index is 12.4. The number of hydrogen-bond donors (Lipinski definition) is 3. The summed E-state index contributed by atoms with van der Waals surface area (Å²) >= 11 is 0. The van der Waals surface area contributed by atoms with Crippen LogP contribution in [0.5, 0.6) is 0 Å². The van der Waals surface area contributed by atoms with Crippen LogP contribution in [0.15, 0.2) is 11.6 Å². The number of ether oxygens (including phenoxy) is 2. The molecule has 2 aliphatic heterocycles. The highest BCUT2D eigenvalue weighted by Gasteiger charge is 2.86. The number of allylic oxidation sites excluding steroid dienone is 1. The Bertz CT molecular complexity index is 1010. The number of aliphatic hydroxyl groups is 3. The van der Waals surface area contributed by atoms with Gasteiger partial charge >= 0.3 is 0 Å². The van der Waals surface area contributed by atoms with Crippen LogP contribution in [-0.4, -0.2) is 51.1 Å². The van der Waals surface area contributed by atoms with Crippen molar-refractivity contribution in [3.05, 3.63) is 11.6 Å². The smallest absolute Gasteiger partial charge is 0.199 e. The van der Waals surface area contributed by atoms with Crippen molar-refractivity contribution in [2.24, 2.45) is 44.8 Å². The van der Waals surface area contributed by atoms with Gasteiger partial charge in [-0.3, -0.25) is 0 Å². The lowest BCUT2D eigenvalue weighted by atomic mass is 9.44. The molecule has 0 aromatic rings. The van der Waals surface area contributed by atoms with Crippen molar-refractivity contribution >= 4 is 0 Å². The SMILES string of the molecule is C[C@@H]1C[C@H]2O[C@@]3(O[C@@H]2C(C)(C)O)[C@H]1[C@@]1(C)CC[C@@]24C[C@@]25CC[C@H](O)C(C)(C)[C@@H]5CC=C4[C@]1(C)[C@H]3O. The normalized spacial score (nSPS) is 61.7. The summed E-state index contributed by atoms with van der Waals surface area (Å²) < 4.78 is 13.5. The van der Waals surface area contributed by atoms with Crippen molar-refractivity contribution in [1.29, 1.82) is 0 Å². The van der Waals surface area contributed by atoms with E-state index in [4.69, 9.17) is 9.47 Å². The molecular weight excluding hydrogens is 440 g/mol. The van der Waals surface area contributed by atoms with Crippen LogP contribution in [0.4, 0.5) is 0 Å². The van der Waals surface area contributed by atoms with Crippen LogP contribution in [0.3, 0.4) is 0 Å². The molecule has 6 fully saturated rings. The number of hydrogen-bond acceptors (Lipinski definition) is 5. The van der Waals surface area contributed by atoms with E-state index in [1.165, 1.54) is 12.0 Å². The fourth-order valence-corrected chi connectivity index (χ4v) is 11.8. The minimum absolute atomic E-state index is 0.0776. The molecule has 3 spiro atoms. The van der Waals surface area contributed by atoms with E-state index >= 15 is 0 Å². The molecule has 5 aliphatic carbocycles. The molecular formula is C30H46O5. The van der Waals surface area contributed by atoms with Gasteiger partial charge in [0, 0.05) is 11.3 Å². The van der Waals surface area contributed by atoms with Crippen LogP contribution in [0.25, 0.3) is 0 Å².